The Bertz CT molecular complexity index is 1960. The van der Waals surface area contributed by atoms with E-state index in [1.165, 1.54) is 33.7 Å². The van der Waals surface area contributed by atoms with Gasteiger partial charge in [-0.2, -0.15) is 0 Å². The van der Waals surface area contributed by atoms with E-state index >= 15 is 0 Å². The van der Waals surface area contributed by atoms with Crippen LogP contribution in [0.5, 0.6) is 0 Å². The van der Waals surface area contributed by atoms with E-state index in [0.717, 1.165) is 64.6 Å². The summed E-state index contributed by atoms with van der Waals surface area (Å²) in [6.07, 6.45) is 6.83. The van der Waals surface area contributed by atoms with Crippen LogP contribution < -0.4 is 0 Å². The van der Waals surface area contributed by atoms with Gasteiger partial charge in [0.05, 0.1) is 5.76 Å². The van der Waals surface area contributed by atoms with Crippen LogP contribution in [0.1, 0.15) is 103 Å². The van der Waals surface area contributed by atoms with Crippen LogP contribution in [0.25, 0.3) is 44.3 Å². The number of fused-ring (bicyclic) bond motifs is 5. The van der Waals surface area contributed by atoms with Gasteiger partial charge in [0, 0.05) is 60.9 Å². The van der Waals surface area contributed by atoms with E-state index in [0.29, 0.717) is 0 Å². The van der Waals surface area contributed by atoms with Crippen molar-refractivity contribution in [1.29, 1.82) is 0 Å². The van der Waals surface area contributed by atoms with E-state index in [1.54, 1.807) is 0 Å². The maximum Gasteiger partial charge on any atom is 0.162 e. The summed E-state index contributed by atoms with van der Waals surface area (Å²) < 4.78 is 6.34. The van der Waals surface area contributed by atoms with E-state index < -0.39 is 0 Å². The molecule has 1 N–H and O–H groups in total. The summed E-state index contributed by atoms with van der Waals surface area (Å²) in [4.78, 5) is 16.7. The standard InChI is InChI=1S/C31H28NO.C13H24O2.Ir/c1-18-11-12-22-19(2)27-24(16-21(22)15-18)29-28(31(5,6)30(27,3)4)23(13-14-32-29)26-17-20-9-7-8-10-25(20)33-26;1-5-10(6-2)12(14)9-13(15)11(7-3)8-4;/h7-15,17H,1-6H3;9-11,14H,5-8H2,1-4H3;/q-1;;/b;12-9-;. The molecule has 4 nitrogen and oxygen atoms in total. The molecule has 1 aliphatic rings. The molecular formula is C44H52IrNO3-. The van der Waals surface area contributed by atoms with Gasteiger partial charge in [-0.1, -0.05) is 115 Å². The summed E-state index contributed by atoms with van der Waals surface area (Å²) in [5.41, 5.74) is 9.06. The van der Waals surface area contributed by atoms with Crippen molar-refractivity contribution in [2.75, 3.05) is 0 Å². The number of pyridine rings is 1. The van der Waals surface area contributed by atoms with Crippen molar-refractivity contribution in [2.45, 2.75) is 106 Å². The molecule has 0 atom stereocenters. The molecule has 2 heterocycles. The van der Waals surface area contributed by atoms with Crippen LogP contribution in [0.4, 0.5) is 0 Å². The van der Waals surface area contributed by atoms with Gasteiger partial charge in [-0.15, -0.1) is 23.1 Å². The number of aryl methyl sites for hydroxylation is 2. The number of rotatable bonds is 8. The summed E-state index contributed by atoms with van der Waals surface area (Å²) in [6.45, 7) is 21.9. The number of aromatic nitrogens is 1. The van der Waals surface area contributed by atoms with Gasteiger partial charge in [0.2, 0.25) is 0 Å². The number of aliphatic hydroxyl groups is 1. The van der Waals surface area contributed by atoms with Gasteiger partial charge in [0.15, 0.2) is 5.78 Å². The van der Waals surface area contributed by atoms with Gasteiger partial charge in [0.1, 0.15) is 11.3 Å². The fraction of sp³-hybridized carbons (Fsp3) is 0.409. The number of para-hydroxylation sites is 1. The Balaban J connectivity index is 0.000000290. The van der Waals surface area contributed by atoms with Crippen molar-refractivity contribution in [1.82, 2.24) is 4.98 Å². The normalized spacial score (nSPS) is 14.7. The average Bonchev–Trinajstić information content (AvgIpc) is 3.49. The zero-order valence-electron chi connectivity index (χ0n) is 30.9. The fourth-order valence-electron chi connectivity index (χ4n) is 7.58. The molecule has 0 amide bonds. The van der Waals surface area contributed by atoms with Crippen molar-refractivity contribution >= 4 is 27.5 Å². The molecule has 3 aromatic carbocycles. The molecule has 5 heteroatoms. The molecule has 0 spiro atoms. The third kappa shape index (κ3) is 6.94. The molecule has 0 saturated carbocycles. The van der Waals surface area contributed by atoms with E-state index in [4.69, 9.17) is 9.40 Å². The number of furan rings is 1. The van der Waals surface area contributed by atoms with Gasteiger partial charge in [-0.25, -0.2) is 0 Å². The minimum Gasteiger partial charge on any atom is -0.512 e. The molecular weight excluding hydrogens is 783 g/mol. The fourth-order valence-corrected chi connectivity index (χ4v) is 7.58. The quantitative estimate of drug-likeness (QED) is 0.0961. The first-order valence-corrected chi connectivity index (χ1v) is 17.7. The summed E-state index contributed by atoms with van der Waals surface area (Å²) in [6, 6.07) is 22.9. The Labute approximate surface area is 306 Å². The molecule has 0 unspecified atom stereocenters. The second-order valence-corrected chi connectivity index (χ2v) is 14.5. The zero-order chi connectivity index (χ0) is 35.0. The predicted octanol–water partition coefficient (Wildman–Crippen LogP) is 12.2. The number of nitrogens with zero attached hydrogens (tertiary/aromatic N) is 1. The number of aliphatic hydroxyl groups excluding tert-OH is 1. The molecule has 0 aliphatic heterocycles. The third-order valence-corrected chi connectivity index (χ3v) is 11.2. The maximum absolute atomic E-state index is 11.7. The molecule has 1 aliphatic carbocycles. The number of benzene rings is 3. The summed E-state index contributed by atoms with van der Waals surface area (Å²) in [7, 11) is 0. The molecule has 0 fully saturated rings. The molecule has 49 heavy (non-hydrogen) atoms. The molecule has 0 saturated heterocycles. The van der Waals surface area contributed by atoms with Gasteiger partial charge in [-0.3, -0.25) is 9.78 Å². The number of carbonyl (C=O) groups is 1. The number of hydrogen-bond donors (Lipinski definition) is 1. The second-order valence-electron chi connectivity index (χ2n) is 14.5. The summed E-state index contributed by atoms with van der Waals surface area (Å²) in [5.74, 6) is 1.45. The molecule has 261 valence electrons. The van der Waals surface area contributed by atoms with E-state index in [2.05, 4.69) is 90.1 Å². The van der Waals surface area contributed by atoms with Crippen molar-refractivity contribution < 1.29 is 34.4 Å². The van der Waals surface area contributed by atoms with Crippen LogP contribution in [0, 0.1) is 31.7 Å². The Morgan fingerprint density at radius 2 is 1.51 bits per heavy atom. The number of hydrogen-bond acceptors (Lipinski definition) is 4. The van der Waals surface area contributed by atoms with E-state index in [1.807, 2.05) is 46.0 Å². The van der Waals surface area contributed by atoms with Crippen molar-refractivity contribution in [2.24, 2.45) is 11.8 Å². The van der Waals surface area contributed by atoms with Gasteiger partial charge in [-0.05, 0) is 67.2 Å². The van der Waals surface area contributed by atoms with Crippen LogP contribution in [0.15, 0.2) is 77.0 Å². The summed E-state index contributed by atoms with van der Waals surface area (Å²) >= 11 is 0. The second kappa shape index (κ2) is 15.2. The van der Waals surface area contributed by atoms with Crippen molar-refractivity contribution in [3.05, 3.63) is 101 Å². The molecule has 5 aromatic rings. The summed E-state index contributed by atoms with van der Waals surface area (Å²) in [5, 5.41) is 13.3. The van der Waals surface area contributed by atoms with Crippen molar-refractivity contribution in [3.63, 3.8) is 0 Å². The first-order valence-electron chi connectivity index (χ1n) is 17.7. The number of carbonyl (C=O) groups excluding carboxylic acids is 1. The molecule has 0 bridgehead atoms. The Hall–Kier alpha value is -3.53. The van der Waals surface area contributed by atoms with E-state index in [9.17, 15) is 9.90 Å². The molecule has 2 aromatic heterocycles. The minimum atomic E-state index is -0.172. The first-order chi connectivity index (χ1) is 22.8. The van der Waals surface area contributed by atoms with Crippen LogP contribution in [-0.2, 0) is 35.7 Å². The zero-order valence-corrected chi connectivity index (χ0v) is 33.3. The average molecular weight is 835 g/mol. The maximum atomic E-state index is 11.7. The SMILES string of the molecule is CCC(CC)C(=O)/C=C(\O)C(CC)CC.Cc1ccc2c(C)c3c([c-]c2c1)-c1nccc(-c2cc4ccccc4o2)c1C(C)(C)C3(C)C.[Ir]. The largest absolute Gasteiger partial charge is 0.512 e. The van der Waals surface area contributed by atoms with Gasteiger partial charge in [0.25, 0.3) is 0 Å². The predicted molar refractivity (Wildman–Crippen MR) is 201 cm³/mol. The Morgan fingerprint density at radius 3 is 2.14 bits per heavy atom. The minimum absolute atomic E-state index is 0. The van der Waals surface area contributed by atoms with Gasteiger partial charge < -0.3 is 9.52 Å². The Kier molecular flexibility index (Phi) is 11.8. The molecule has 6 rings (SSSR count). The van der Waals surface area contributed by atoms with E-state index in [-0.39, 0.29) is 54.3 Å². The Morgan fingerprint density at radius 1 is 0.878 bits per heavy atom. The third-order valence-electron chi connectivity index (χ3n) is 11.2. The van der Waals surface area contributed by atoms with Gasteiger partial charge >= 0.3 is 0 Å². The smallest absolute Gasteiger partial charge is 0.162 e. The van der Waals surface area contributed by atoms with Crippen LogP contribution in [-0.4, -0.2) is 15.9 Å². The number of allylic oxidation sites excluding steroid dienone is 2. The van der Waals surface area contributed by atoms with Crippen LogP contribution >= 0.6 is 0 Å². The first kappa shape index (κ1) is 38.3. The monoisotopic (exact) mass is 835 g/mol. The van der Waals surface area contributed by atoms with Crippen LogP contribution in [0.3, 0.4) is 0 Å². The number of ketones is 1. The van der Waals surface area contributed by atoms with Crippen molar-refractivity contribution in [3.8, 4) is 22.6 Å². The topological polar surface area (TPSA) is 63.3 Å². The molecule has 1 radical (unpaired) electrons. The van der Waals surface area contributed by atoms with Crippen LogP contribution in [0.2, 0.25) is 0 Å².